The number of thiophene rings is 1. The number of nitrogens with zero attached hydrogens (tertiary/aromatic N) is 2. The van der Waals surface area contributed by atoms with Gasteiger partial charge in [0.15, 0.2) is 5.84 Å². The van der Waals surface area contributed by atoms with Crippen LogP contribution in [0.3, 0.4) is 0 Å². The molecular weight excluding hydrogens is 799 g/mol. The van der Waals surface area contributed by atoms with Gasteiger partial charge in [-0.2, -0.15) is 0 Å². The molecule has 4 nitrogen and oxygen atoms in total. The van der Waals surface area contributed by atoms with E-state index in [1.54, 1.807) is 0 Å². The molecule has 5 heteroatoms. The molecular formula is C59H37N3OS. The zero-order valence-electron chi connectivity index (χ0n) is 34.5. The van der Waals surface area contributed by atoms with Crippen LogP contribution in [0.25, 0.3) is 97.0 Å². The molecule has 0 saturated carbocycles. The molecule has 1 N–H and O–H groups in total. The molecule has 0 radical (unpaired) electrons. The molecule has 0 amide bonds. The van der Waals surface area contributed by atoms with Crippen LogP contribution in [-0.2, 0) is 0 Å². The van der Waals surface area contributed by atoms with Gasteiger partial charge >= 0.3 is 0 Å². The van der Waals surface area contributed by atoms with Crippen molar-refractivity contribution >= 4 is 86.7 Å². The number of aliphatic imine (C=N–C) groups is 2. The summed E-state index contributed by atoms with van der Waals surface area (Å²) < 4.78 is 9.04. The van der Waals surface area contributed by atoms with Crippen molar-refractivity contribution in [3.63, 3.8) is 0 Å². The van der Waals surface area contributed by atoms with Gasteiger partial charge in [-0.3, -0.25) is 0 Å². The number of hydrogen-bond donors (Lipinski definition) is 1. The third-order valence-corrected chi connectivity index (χ3v) is 13.9. The molecule has 1 aliphatic heterocycles. The second kappa shape index (κ2) is 14.8. The smallest absolute Gasteiger partial charge is 0.159 e. The maximum absolute atomic E-state index is 6.50. The summed E-state index contributed by atoms with van der Waals surface area (Å²) in [6.07, 6.45) is -0.407. The first-order valence-electron chi connectivity index (χ1n) is 21.7. The summed E-state index contributed by atoms with van der Waals surface area (Å²) in [7, 11) is 0. The maximum Gasteiger partial charge on any atom is 0.159 e. The molecule has 0 aliphatic carbocycles. The molecule has 1 aliphatic rings. The van der Waals surface area contributed by atoms with Crippen LogP contribution >= 0.6 is 11.3 Å². The van der Waals surface area contributed by atoms with Crippen molar-refractivity contribution in [2.45, 2.75) is 6.17 Å². The first-order chi connectivity index (χ1) is 31.7. The van der Waals surface area contributed by atoms with E-state index in [2.05, 4.69) is 218 Å². The maximum atomic E-state index is 6.50. The molecule has 13 rings (SSSR count). The normalized spacial score (nSPS) is 14.1. The number of furan rings is 1. The van der Waals surface area contributed by atoms with Gasteiger partial charge in [-0.1, -0.05) is 164 Å². The highest BCUT2D eigenvalue weighted by Gasteiger charge is 2.25. The molecule has 0 spiro atoms. The van der Waals surface area contributed by atoms with Crippen LogP contribution < -0.4 is 5.32 Å². The molecule has 0 fully saturated rings. The van der Waals surface area contributed by atoms with Gasteiger partial charge in [0.05, 0.1) is 0 Å². The Kier molecular flexibility index (Phi) is 8.43. The fourth-order valence-electron chi connectivity index (χ4n) is 9.60. The van der Waals surface area contributed by atoms with E-state index < -0.39 is 6.17 Å². The predicted octanol–water partition coefficient (Wildman–Crippen LogP) is 15.8. The average molecular weight is 836 g/mol. The molecule has 10 aromatic carbocycles. The van der Waals surface area contributed by atoms with Gasteiger partial charge in [-0.25, -0.2) is 9.98 Å². The minimum absolute atomic E-state index is 0.407. The second-order valence-corrected chi connectivity index (χ2v) is 17.6. The molecule has 0 bridgehead atoms. The Hall–Kier alpha value is -8.12. The van der Waals surface area contributed by atoms with Crippen LogP contribution in [0.1, 0.15) is 22.9 Å². The van der Waals surface area contributed by atoms with Crippen molar-refractivity contribution < 1.29 is 4.42 Å². The van der Waals surface area contributed by atoms with Crippen LogP contribution in [0, 0.1) is 0 Å². The first kappa shape index (κ1) is 36.5. The lowest BCUT2D eigenvalue weighted by atomic mass is 9.91. The van der Waals surface area contributed by atoms with Gasteiger partial charge in [0.25, 0.3) is 0 Å². The number of fused-ring (bicyclic) bond motifs is 8. The summed E-state index contributed by atoms with van der Waals surface area (Å²) in [5.41, 5.74) is 11.8. The zero-order chi connectivity index (χ0) is 42.1. The van der Waals surface area contributed by atoms with E-state index in [-0.39, 0.29) is 0 Å². The monoisotopic (exact) mass is 835 g/mol. The van der Waals surface area contributed by atoms with Crippen LogP contribution in [0.2, 0.25) is 0 Å². The number of benzene rings is 10. The van der Waals surface area contributed by atoms with Gasteiger partial charge < -0.3 is 9.73 Å². The molecule has 3 heterocycles. The van der Waals surface area contributed by atoms with Gasteiger partial charge in [-0.15, -0.1) is 11.3 Å². The predicted molar refractivity (Wildman–Crippen MR) is 270 cm³/mol. The van der Waals surface area contributed by atoms with Gasteiger partial charge in [0.2, 0.25) is 0 Å². The Morgan fingerprint density at radius 1 is 0.406 bits per heavy atom. The van der Waals surface area contributed by atoms with Gasteiger partial charge in [0.1, 0.15) is 23.2 Å². The van der Waals surface area contributed by atoms with Crippen molar-refractivity contribution in [1.29, 1.82) is 0 Å². The lowest BCUT2D eigenvalue weighted by Crippen LogP contribution is -2.33. The van der Waals surface area contributed by atoms with Crippen molar-refractivity contribution in [3.8, 4) is 33.4 Å². The fraction of sp³-hybridized carbons (Fsp3) is 0.0169. The minimum atomic E-state index is -0.407. The number of rotatable bonds is 6. The van der Waals surface area contributed by atoms with E-state index in [9.17, 15) is 0 Å². The molecule has 1 unspecified atom stereocenters. The first-order valence-corrected chi connectivity index (χ1v) is 22.5. The highest BCUT2D eigenvalue weighted by molar-refractivity contribution is 7.25. The summed E-state index contributed by atoms with van der Waals surface area (Å²) in [6.45, 7) is 0. The average Bonchev–Trinajstić information content (AvgIpc) is 3.94. The van der Waals surface area contributed by atoms with Gasteiger partial charge in [0, 0.05) is 47.6 Å². The van der Waals surface area contributed by atoms with Crippen molar-refractivity contribution in [3.05, 3.63) is 229 Å². The second-order valence-electron chi connectivity index (χ2n) is 16.5. The Labute approximate surface area is 373 Å². The highest BCUT2D eigenvalue weighted by Crippen LogP contribution is 2.43. The van der Waals surface area contributed by atoms with Crippen LogP contribution in [0.4, 0.5) is 0 Å². The molecule has 2 aromatic heterocycles. The number of nitrogens with one attached hydrogen (secondary N) is 1. The third kappa shape index (κ3) is 6.12. The Morgan fingerprint density at radius 3 is 1.97 bits per heavy atom. The highest BCUT2D eigenvalue weighted by atomic mass is 32.1. The van der Waals surface area contributed by atoms with E-state index in [4.69, 9.17) is 14.4 Å². The standard InChI is InChI=1S/C59H37N3OS/c1-2-11-36(12-3-1)42-27-31-52-51(34-42)56-48(18-10-19-53(56)63-52)46-29-30-49(45-16-7-6-15-44(45)46)59-61-57(39-24-21-38(22-25-39)41-26-23-37-13-4-5-14-40(37)33-41)60-58(62-59)43-28-32-55-50(35-43)47-17-8-9-20-54(47)64-55/h1-35,59H,(H,60,61,62). The lowest BCUT2D eigenvalue weighted by Gasteiger charge is -2.25. The van der Waals surface area contributed by atoms with E-state index in [1.807, 2.05) is 11.3 Å². The SMILES string of the molecule is c1ccc(-c2ccc3oc4cccc(-c5ccc(C6N=C(c7ccc(-c8ccc9ccccc9c8)cc7)N=C(c7ccc8sc9ccccc9c8c7)N6)c6ccccc56)c4c3c2)cc1. The van der Waals surface area contributed by atoms with E-state index >= 15 is 0 Å². The van der Waals surface area contributed by atoms with E-state index in [1.165, 1.54) is 42.1 Å². The van der Waals surface area contributed by atoms with Gasteiger partial charge in [-0.05, 0) is 103 Å². The van der Waals surface area contributed by atoms with Crippen molar-refractivity contribution in [2.24, 2.45) is 9.98 Å². The summed E-state index contributed by atoms with van der Waals surface area (Å²) in [6, 6.07) is 75.8. The summed E-state index contributed by atoms with van der Waals surface area (Å²) in [4.78, 5) is 10.7. The number of hydrogen-bond acceptors (Lipinski definition) is 5. The quantitative estimate of drug-likeness (QED) is 0.181. The summed E-state index contributed by atoms with van der Waals surface area (Å²) in [5.74, 6) is 1.49. The summed E-state index contributed by atoms with van der Waals surface area (Å²) in [5, 5.41) is 13.3. The van der Waals surface area contributed by atoms with Crippen molar-refractivity contribution in [1.82, 2.24) is 5.32 Å². The number of amidine groups is 2. The topological polar surface area (TPSA) is 49.9 Å². The Bertz CT molecular complexity index is 3880. The molecule has 300 valence electrons. The largest absolute Gasteiger partial charge is 0.456 e. The van der Waals surface area contributed by atoms with Crippen LogP contribution in [0.5, 0.6) is 0 Å². The lowest BCUT2D eigenvalue weighted by molar-refractivity contribution is 0.669. The fourth-order valence-corrected chi connectivity index (χ4v) is 10.7. The third-order valence-electron chi connectivity index (χ3n) is 12.8. The molecule has 12 aromatic rings. The minimum Gasteiger partial charge on any atom is -0.456 e. The zero-order valence-corrected chi connectivity index (χ0v) is 35.3. The van der Waals surface area contributed by atoms with E-state index in [0.717, 1.165) is 77.5 Å². The molecule has 1 atom stereocenters. The molecule has 0 saturated heterocycles. The van der Waals surface area contributed by atoms with Crippen LogP contribution in [0.15, 0.2) is 227 Å². The van der Waals surface area contributed by atoms with Crippen LogP contribution in [-0.4, -0.2) is 11.7 Å². The Morgan fingerprint density at radius 2 is 1.08 bits per heavy atom. The van der Waals surface area contributed by atoms with Crippen molar-refractivity contribution in [2.75, 3.05) is 0 Å². The van der Waals surface area contributed by atoms with E-state index in [0.29, 0.717) is 5.84 Å². The Balaban J connectivity index is 0.944. The molecule has 64 heavy (non-hydrogen) atoms. The summed E-state index contributed by atoms with van der Waals surface area (Å²) >= 11 is 1.82.